The molecule has 1 unspecified atom stereocenters. The van der Waals surface area contributed by atoms with Crippen LogP contribution in [0.2, 0.25) is 0 Å². The van der Waals surface area contributed by atoms with Gasteiger partial charge in [-0.15, -0.1) is 24.8 Å². The van der Waals surface area contributed by atoms with Crippen LogP contribution in [0.25, 0.3) is 23.2 Å². The number of carbonyl (C=O) groups is 2. The van der Waals surface area contributed by atoms with Gasteiger partial charge in [-0.1, -0.05) is 48.5 Å². The molecule has 1 atom stereocenters. The molecule has 3 aromatic carbocycles. The van der Waals surface area contributed by atoms with Crippen molar-refractivity contribution in [2.45, 2.75) is 12.3 Å². The zero-order chi connectivity index (χ0) is 30.1. The molecule has 2 amide bonds. The first-order valence-electron chi connectivity index (χ1n) is 12.3. The molecule has 4 aromatic rings. The zero-order valence-corrected chi connectivity index (χ0v) is 22.5. The fourth-order valence-electron chi connectivity index (χ4n) is 3.73. The maximum atomic E-state index is 12.4. The molecule has 0 aliphatic rings. The summed E-state index contributed by atoms with van der Waals surface area (Å²) in [6, 6.07) is 18.9. The number of rotatable bonds is 9. The molecule has 214 valence electrons. The second-order valence-electron chi connectivity index (χ2n) is 8.55. The Labute approximate surface area is 243 Å². The number of allylic oxidation sites excluding steroid dienone is 1. The zero-order valence-electron chi connectivity index (χ0n) is 21.7. The van der Waals surface area contributed by atoms with Gasteiger partial charge in [-0.05, 0) is 59.8 Å². The first-order valence-corrected chi connectivity index (χ1v) is 12.7. The second-order valence-corrected chi connectivity index (χ2v) is 8.96. The fourth-order valence-corrected chi connectivity index (χ4v) is 3.93. The van der Waals surface area contributed by atoms with E-state index in [-0.39, 0.29) is 10.9 Å². The van der Waals surface area contributed by atoms with Crippen LogP contribution in [-0.2, 0) is 4.79 Å². The van der Waals surface area contributed by atoms with E-state index in [2.05, 4.69) is 37.3 Å². The van der Waals surface area contributed by atoms with Gasteiger partial charge in [0.2, 0.25) is 0 Å². The molecule has 1 heterocycles. The number of urea groups is 1. The molecule has 0 saturated heterocycles. The van der Waals surface area contributed by atoms with Gasteiger partial charge >= 0.3 is 12.4 Å². The van der Waals surface area contributed by atoms with Crippen LogP contribution in [0.5, 0.6) is 5.75 Å². The Morgan fingerprint density at radius 2 is 1.76 bits per heavy atom. The third-order valence-corrected chi connectivity index (χ3v) is 5.89. The van der Waals surface area contributed by atoms with Gasteiger partial charge in [0.25, 0.3) is 0 Å². The van der Waals surface area contributed by atoms with Crippen LogP contribution < -0.4 is 20.7 Å². The predicted octanol–water partition coefficient (Wildman–Crippen LogP) is 5.97. The van der Waals surface area contributed by atoms with E-state index in [1.165, 1.54) is 47.6 Å². The summed E-state index contributed by atoms with van der Waals surface area (Å²) in [7, 11) is 0. The van der Waals surface area contributed by atoms with Crippen molar-refractivity contribution < 1.29 is 27.5 Å². The van der Waals surface area contributed by atoms with Crippen molar-refractivity contribution in [3.05, 3.63) is 109 Å². The average molecular weight is 593 g/mol. The van der Waals surface area contributed by atoms with Gasteiger partial charge in [-0.3, -0.25) is 5.32 Å². The average Bonchev–Trinajstić information content (AvgIpc) is 3.45. The molecule has 1 aromatic heterocycles. The topological polar surface area (TPSA) is 110 Å². The monoisotopic (exact) mass is 592 g/mol. The largest absolute Gasteiger partial charge is 0.573 e. The molecule has 4 rings (SSSR count). The lowest BCUT2D eigenvalue weighted by atomic mass is 9.99. The Morgan fingerprint density at radius 1 is 1.05 bits per heavy atom. The van der Waals surface area contributed by atoms with Crippen LogP contribution in [-0.4, -0.2) is 38.6 Å². The third-order valence-electron chi connectivity index (χ3n) is 5.68. The Kier molecular flexibility index (Phi) is 9.45. The first-order chi connectivity index (χ1) is 20.1. The minimum atomic E-state index is -4.76. The highest BCUT2D eigenvalue weighted by molar-refractivity contribution is 7.80. The SMILES string of the molecule is C=CC(C=O)c1ccccc1NC(=S)NC(=O)N/C=C/c1ccc(-c2ncn(-c3ccc(OC(F)(F)F)cc3)n2)cc1. The van der Waals surface area contributed by atoms with Crippen molar-refractivity contribution >= 4 is 41.4 Å². The summed E-state index contributed by atoms with van der Waals surface area (Å²) in [4.78, 5) is 27.8. The predicted molar refractivity (Wildman–Crippen MR) is 156 cm³/mol. The molecule has 0 aliphatic heterocycles. The fraction of sp³-hybridized carbons (Fsp3) is 0.0690. The number of thiocarbonyl (C=S) groups is 1. The summed E-state index contributed by atoms with van der Waals surface area (Å²) in [5, 5.41) is 12.4. The molecular weight excluding hydrogens is 569 g/mol. The van der Waals surface area contributed by atoms with Crippen molar-refractivity contribution in [1.29, 1.82) is 0 Å². The van der Waals surface area contributed by atoms with Gasteiger partial charge in [0.15, 0.2) is 10.9 Å². The van der Waals surface area contributed by atoms with E-state index in [9.17, 15) is 22.8 Å². The second kappa shape index (κ2) is 13.4. The standard InChI is InChI=1S/C29H23F3N6O3S/c1-2-20(17-39)24-5-3-4-6-25(24)35-28(42)36-27(40)33-16-15-19-7-9-21(10-8-19)26-34-18-38(37-26)22-11-13-23(14-12-22)41-29(30,31)32/h2-18,20H,1H2,(H3,33,35,36,40,42)/b16-15+. The highest BCUT2D eigenvalue weighted by Gasteiger charge is 2.31. The summed E-state index contributed by atoms with van der Waals surface area (Å²) >= 11 is 5.21. The van der Waals surface area contributed by atoms with Crippen molar-refractivity contribution in [2.24, 2.45) is 0 Å². The number of para-hydroxylation sites is 1. The van der Waals surface area contributed by atoms with Crippen LogP contribution in [0.4, 0.5) is 23.7 Å². The number of anilines is 1. The van der Waals surface area contributed by atoms with Crippen LogP contribution in [0.1, 0.15) is 17.0 Å². The Hall–Kier alpha value is -5.30. The molecule has 9 nitrogen and oxygen atoms in total. The number of ether oxygens (including phenoxy) is 1. The molecule has 0 saturated carbocycles. The Bertz CT molecular complexity index is 1590. The van der Waals surface area contributed by atoms with Crippen LogP contribution >= 0.6 is 12.2 Å². The van der Waals surface area contributed by atoms with Gasteiger partial charge in [-0.2, -0.15) is 0 Å². The number of alkyl halides is 3. The third kappa shape index (κ3) is 8.11. The molecule has 0 radical (unpaired) electrons. The number of aromatic nitrogens is 3. The number of hydrogen-bond donors (Lipinski definition) is 3. The van der Waals surface area contributed by atoms with Gasteiger partial charge < -0.3 is 20.2 Å². The molecular formula is C29H23F3N6O3S. The van der Waals surface area contributed by atoms with Crippen LogP contribution in [0.3, 0.4) is 0 Å². The molecule has 13 heteroatoms. The minimum Gasteiger partial charge on any atom is -0.406 e. The van der Waals surface area contributed by atoms with Gasteiger partial charge in [-0.25, -0.2) is 14.5 Å². The smallest absolute Gasteiger partial charge is 0.406 e. The van der Waals surface area contributed by atoms with Crippen molar-refractivity contribution in [2.75, 3.05) is 5.32 Å². The molecule has 0 bridgehead atoms. The first kappa shape index (κ1) is 29.7. The normalized spacial score (nSPS) is 11.9. The van der Waals surface area contributed by atoms with Gasteiger partial charge in [0.05, 0.1) is 11.6 Å². The number of amides is 2. The number of aldehydes is 1. The van der Waals surface area contributed by atoms with E-state index in [4.69, 9.17) is 12.2 Å². The van der Waals surface area contributed by atoms with E-state index < -0.39 is 18.3 Å². The number of halogens is 3. The number of carbonyl (C=O) groups excluding carboxylic acids is 2. The quantitative estimate of drug-likeness (QED) is 0.125. The van der Waals surface area contributed by atoms with Crippen molar-refractivity contribution in [3.63, 3.8) is 0 Å². The lowest BCUT2D eigenvalue weighted by Gasteiger charge is -2.15. The van der Waals surface area contributed by atoms with Gasteiger partial charge in [0, 0.05) is 17.5 Å². The summed E-state index contributed by atoms with van der Waals surface area (Å²) in [5.74, 6) is -0.442. The molecule has 0 spiro atoms. The maximum absolute atomic E-state index is 12.4. The Morgan fingerprint density at radius 3 is 2.43 bits per heavy atom. The van der Waals surface area contributed by atoms with Crippen LogP contribution in [0, 0.1) is 0 Å². The Balaban J connectivity index is 1.30. The molecule has 0 aliphatic carbocycles. The van der Waals surface area contributed by atoms with E-state index in [0.29, 0.717) is 28.3 Å². The molecule has 3 N–H and O–H groups in total. The highest BCUT2D eigenvalue weighted by Crippen LogP contribution is 2.25. The lowest BCUT2D eigenvalue weighted by molar-refractivity contribution is -0.274. The molecule has 42 heavy (non-hydrogen) atoms. The van der Waals surface area contributed by atoms with E-state index in [1.807, 2.05) is 0 Å². The van der Waals surface area contributed by atoms with E-state index in [1.54, 1.807) is 54.6 Å². The summed E-state index contributed by atoms with van der Waals surface area (Å²) in [5.41, 5.74) is 3.23. The van der Waals surface area contributed by atoms with Crippen molar-refractivity contribution in [1.82, 2.24) is 25.4 Å². The van der Waals surface area contributed by atoms with Crippen molar-refractivity contribution in [3.8, 4) is 22.8 Å². The minimum absolute atomic E-state index is 0.0453. The number of nitrogens with one attached hydrogen (secondary N) is 3. The van der Waals surface area contributed by atoms with Gasteiger partial charge in [0.1, 0.15) is 18.4 Å². The van der Waals surface area contributed by atoms with E-state index in [0.717, 1.165) is 11.8 Å². The summed E-state index contributed by atoms with van der Waals surface area (Å²) < 4.78 is 42.4. The summed E-state index contributed by atoms with van der Waals surface area (Å²) in [6.07, 6.45) is 2.08. The van der Waals surface area contributed by atoms with Crippen LogP contribution in [0.15, 0.2) is 98.0 Å². The molecule has 0 fully saturated rings. The number of hydrogen-bond acceptors (Lipinski definition) is 6. The number of nitrogens with zero attached hydrogens (tertiary/aromatic N) is 3. The summed E-state index contributed by atoms with van der Waals surface area (Å²) in [6.45, 7) is 3.66. The maximum Gasteiger partial charge on any atom is 0.573 e. The number of benzene rings is 3. The lowest BCUT2D eigenvalue weighted by Crippen LogP contribution is -2.39. The highest BCUT2D eigenvalue weighted by atomic mass is 32.1. The van der Waals surface area contributed by atoms with E-state index >= 15 is 0 Å².